The molecule has 0 unspecified atom stereocenters. The maximum atomic E-state index is 12.1. The Hall–Kier alpha value is -3.87. The van der Waals surface area contributed by atoms with Crippen LogP contribution in [0.15, 0.2) is 72.8 Å². The van der Waals surface area contributed by atoms with Gasteiger partial charge in [-0.3, -0.25) is 4.79 Å². The zero-order valence-electron chi connectivity index (χ0n) is 15.2. The molecule has 4 aromatic rings. The van der Waals surface area contributed by atoms with Gasteiger partial charge >= 0.3 is 0 Å². The predicted octanol–water partition coefficient (Wildman–Crippen LogP) is 3.45. The molecule has 0 aliphatic heterocycles. The molecule has 140 valence electrons. The fraction of sp³-hybridized carbons (Fsp3) is 0.0952. The molecule has 0 bridgehead atoms. The van der Waals surface area contributed by atoms with Crippen LogP contribution in [0.2, 0.25) is 0 Å². The van der Waals surface area contributed by atoms with Crippen LogP contribution < -0.4 is 14.8 Å². The van der Waals surface area contributed by atoms with E-state index in [1.165, 1.54) is 0 Å². The Morgan fingerprint density at radius 1 is 0.929 bits per heavy atom. The first-order valence-corrected chi connectivity index (χ1v) is 8.70. The lowest BCUT2D eigenvalue weighted by Gasteiger charge is -2.07. The number of aromatic nitrogens is 3. The third kappa shape index (κ3) is 3.93. The molecule has 3 aromatic carbocycles. The van der Waals surface area contributed by atoms with E-state index >= 15 is 0 Å². The Bertz CT molecular complexity index is 1090. The normalized spacial score (nSPS) is 10.6. The first-order valence-electron chi connectivity index (χ1n) is 8.70. The smallest absolute Gasteiger partial charge is 0.262 e. The first kappa shape index (κ1) is 17.5. The summed E-state index contributed by atoms with van der Waals surface area (Å²) in [5.74, 6) is 1.17. The van der Waals surface area contributed by atoms with E-state index in [1.54, 1.807) is 36.2 Å². The highest BCUT2D eigenvalue weighted by molar-refractivity contribution is 5.93. The molecule has 1 heterocycles. The highest BCUT2D eigenvalue weighted by Crippen LogP contribution is 2.19. The molecule has 7 heteroatoms. The molecule has 0 saturated heterocycles. The van der Waals surface area contributed by atoms with Gasteiger partial charge in [-0.25, -0.2) is 0 Å². The Labute approximate surface area is 161 Å². The van der Waals surface area contributed by atoms with Gasteiger partial charge in [-0.1, -0.05) is 18.2 Å². The summed E-state index contributed by atoms with van der Waals surface area (Å²) < 4.78 is 10.6. The molecule has 0 aliphatic rings. The van der Waals surface area contributed by atoms with Crippen LogP contribution in [0.3, 0.4) is 0 Å². The number of carbonyl (C=O) groups is 1. The molecule has 0 aliphatic carbocycles. The Balaban J connectivity index is 1.46. The molecule has 0 spiro atoms. The van der Waals surface area contributed by atoms with Gasteiger partial charge in [0.2, 0.25) is 0 Å². The number of amides is 1. The Kier molecular flexibility index (Phi) is 4.88. The summed E-state index contributed by atoms with van der Waals surface area (Å²) in [6.07, 6.45) is 0. The molecule has 28 heavy (non-hydrogen) atoms. The number of ether oxygens (including phenoxy) is 2. The quantitative estimate of drug-likeness (QED) is 0.559. The fourth-order valence-corrected chi connectivity index (χ4v) is 2.69. The summed E-state index contributed by atoms with van der Waals surface area (Å²) in [6.45, 7) is -0.0689. The second-order valence-corrected chi connectivity index (χ2v) is 6.04. The summed E-state index contributed by atoms with van der Waals surface area (Å²) in [5, 5.41) is 11.8. The lowest BCUT2D eigenvalue weighted by Crippen LogP contribution is -2.20. The van der Waals surface area contributed by atoms with Crippen LogP contribution in [0, 0.1) is 0 Å². The molecule has 1 aromatic heterocycles. The van der Waals surface area contributed by atoms with Crippen molar-refractivity contribution in [2.75, 3.05) is 19.0 Å². The minimum atomic E-state index is -0.245. The van der Waals surface area contributed by atoms with E-state index in [-0.39, 0.29) is 12.5 Å². The van der Waals surface area contributed by atoms with E-state index in [1.807, 2.05) is 48.5 Å². The molecule has 1 amide bonds. The third-order valence-electron chi connectivity index (χ3n) is 4.08. The standard InChI is InChI=1S/C21H18N4O3/c1-27-17-10-8-16(9-11-17)25-23-19-12-7-15(13-20(19)24-25)22-21(26)14-28-18-5-3-2-4-6-18/h2-13H,14H2,1H3,(H,22,26). The average Bonchev–Trinajstić information content (AvgIpc) is 3.16. The van der Waals surface area contributed by atoms with Gasteiger partial charge in [0.05, 0.1) is 12.8 Å². The molecule has 0 saturated carbocycles. The molecule has 7 nitrogen and oxygen atoms in total. The van der Waals surface area contributed by atoms with Gasteiger partial charge in [-0.05, 0) is 54.6 Å². The highest BCUT2D eigenvalue weighted by Gasteiger charge is 2.08. The van der Waals surface area contributed by atoms with Gasteiger partial charge in [0.1, 0.15) is 22.5 Å². The van der Waals surface area contributed by atoms with Crippen molar-refractivity contribution in [3.63, 3.8) is 0 Å². The topological polar surface area (TPSA) is 78.3 Å². The molecule has 4 rings (SSSR count). The van der Waals surface area contributed by atoms with E-state index in [0.29, 0.717) is 17.0 Å². The highest BCUT2D eigenvalue weighted by atomic mass is 16.5. The number of anilines is 1. The minimum Gasteiger partial charge on any atom is -0.497 e. The monoisotopic (exact) mass is 374 g/mol. The van der Waals surface area contributed by atoms with Gasteiger partial charge in [-0.2, -0.15) is 4.80 Å². The van der Waals surface area contributed by atoms with Crippen LogP contribution in [-0.2, 0) is 4.79 Å². The Morgan fingerprint density at radius 2 is 1.68 bits per heavy atom. The summed E-state index contributed by atoms with van der Waals surface area (Å²) in [5.41, 5.74) is 2.86. The van der Waals surface area contributed by atoms with Gasteiger partial charge in [-0.15, -0.1) is 10.2 Å². The summed E-state index contributed by atoms with van der Waals surface area (Å²) >= 11 is 0. The molecule has 1 N–H and O–H groups in total. The van der Waals surface area contributed by atoms with Crippen LogP contribution in [-0.4, -0.2) is 34.6 Å². The van der Waals surface area contributed by atoms with Crippen molar-refractivity contribution in [2.45, 2.75) is 0 Å². The lowest BCUT2D eigenvalue weighted by atomic mass is 10.3. The van der Waals surface area contributed by atoms with Crippen molar-refractivity contribution in [3.8, 4) is 17.2 Å². The van der Waals surface area contributed by atoms with Crippen molar-refractivity contribution in [1.29, 1.82) is 0 Å². The second-order valence-electron chi connectivity index (χ2n) is 6.04. The molecule has 0 fully saturated rings. The fourth-order valence-electron chi connectivity index (χ4n) is 2.69. The third-order valence-corrected chi connectivity index (χ3v) is 4.08. The predicted molar refractivity (Wildman–Crippen MR) is 106 cm³/mol. The number of hydrogen-bond acceptors (Lipinski definition) is 5. The molecule has 0 atom stereocenters. The van der Waals surface area contributed by atoms with Crippen molar-refractivity contribution >= 4 is 22.6 Å². The van der Waals surface area contributed by atoms with E-state index in [0.717, 1.165) is 17.0 Å². The maximum absolute atomic E-state index is 12.1. The van der Waals surface area contributed by atoms with Crippen LogP contribution in [0.4, 0.5) is 5.69 Å². The summed E-state index contributed by atoms with van der Waals surface area (Å²) in [4.78, 5) is 13.7. The number of rotatable bonds is 6. The SMILES string of the molecule is COc1ccc(-n2nc3ccc(NC(=O)COc4ccccc4)cc3n2)cc1. The number of para-hydroxylation sites is 1. The lowest BCUT2D eigenvalue weighted by molar-refractivity contribution is -0.118. The van der Waals surface area contributed by atoms with E-state index in [4.69, 9.17) is 9.47 Å². The molecular formula is C21H18N4O3. The second kappa shape index (κ2) is 7.79. The van der Waals surface area contributed by atoms with Gasteiger partial charge in [0, 0.05) is 5.69 Å². The van der Waals surface area contributed by atoms with Crippen LogP contribution >= 0.6 is 0 Å². The van der Waals surface area contributed by atoms with Gasteiger partial charge in [0.25, 0.3) is 5.91 Å². The maximum Gasteiger partial charge on any atom is 0.262 e. The first-order chi connectivity index (χ1) is 13.7. The van der Waals surface area contributed by atoms with Crippen molar-refractivity contribution < 1.29 is 14.3 Å². The number of nitrogens with zero attached hydrogens (tertiary/aromatic N) is 3. The van der Waals surface area contributed by atoms with E-state index in [2.05, 4.69) is 15.5 Å². The molecule has 0 radical (unpaired) electrons. The number of fused-ring (bicyclic) bond motifs is 1. The number of methoxy groups -OCH3 is 1. The number of carbonyl (C=O) groups excluding carboxylic acids is 1. The van der Waals surface area contributed by atoms with Gasteiger partial charge < -0.3 is 14.8 Å². The van der Waals surface area contributed by atoms with E-state index < -0.39 is 0 Å². The van der Waals surface area contributed by atoms with Crippen molar-refractivity contribution in [2.24, 2.45) is 0 Å². The number of hydrogen-bond donors (Lipinski definition) is 1. The minimum absolute atomic E-state index is 0.0689. The summed E-state index contributed by atoms with van der Waals surface area (Å²) in [6, 6.07) is 22.0. The average molecular weight is 374 g/mol. The zero-order valence-corrected chi connectivity index (χ0v) is 15.2. The van der Waals surface area contributed by atoms with E-state index in [9.17, 15) is 4.79 Å². The van der Waals surface area contributed by atoms with Crippen LogP contribution in [0.25, 0.3) is 16.7 Å². The molecular weight excluding hydrogens is 356 g/mol. The number of benzene rings is 3. The van der Waals surface area contributed by atoms with Crippen molar-refractivity contribution in [1.82, 2.24) is 15.0 Å². The van der Waals surface area contributed by atoms with Gasteiger partial charge in [0.15, 0.2) is 6.61 Å². The largest absolute Gasteiger partial charge is 0.497 e. The Morgan fingerprint density at radius 3 is 2.43 bits per heavy atom. The van der Waals surface area contributed by atoms with Crippen LogP contribution in [0.1, 0.15) is 0 Å². The zero-order chi connectivity index (χ0) is 19.3. The number of nitrogens with one attached hydrogen (secondary N) is 1. The van der Waals surface area contributed by atoms with Crippen LogP contribution in [0.5, 0.6) is 11.5 Å². The summed E-state index contributed by atoms with van der Waals surface area (Å²) in [7, 11) is 1.62. The van der Waals surface area contributed by atoms with Crippen molar-refractivity contribution in [3.05, 3.63) is 72.8 Å².